The number of hydrogen-bond acceptors (Lipinski definition) is 3. The van der Waals surface area contributed by atoms with Gasteiger partial charge < -0.3 is 14.2 Å². The number of amides is 1. The number of carbonyl (C=O) groups excluding carboxylic acids is 1. The van der Waals surface area contributed by atoms with Gasteiger partial charge in [0.2, 0.25) is 5.91 Å². The summed E-state index contributed by atoms with van der Waals surface area (Å²) in [5.74, 6) is 0.618. The van der Waals surface area contributed by atoms with Gasteiger partial charge in [-0.05, 0) is 18.8 Å². The van der Waals surface area contributed by atoms with E-state index in [1.807, 2.05) is 17.8 Å². The Bertz CT molecular complexity index is 358. The Kier molecular flexibility index (Phi) is 4.75. The summed E-state index contributed by atoms with van der Waals surface area (Å²) >= 11 is 0. The molecule has 0 N–H and O–H groups in total. The van der Waals surface area contributed by atoms with Gasteiger partial charge in [-0.3, -0.25) is 4.79 Å². The molecule has 5 nitrogen and oxygen atoms in total. The van der Waals surface area contributed by atoms with Crippen LogP contribution in [0.5, 0.6) is 0 Å². The van der Waals surface area contributed by atoms with Crippen molar-refractivity contribution >= 4 is 5.91 Å². The molecule has 0 aliphatic carbocycles. The number of rotatable bonds is 5. The van der Waals surface area contributed by atoms with Gasteiger partial charge in [0.1, 0.15) is 0 Å². The highest BCUT2D eigenvalue weighted by Gasteiger charge is 2.19. The average molecular weight is 251 g/mol. The molecule has 18 heavy (non-hydrogen) atoms. The fraction of sp³-hybridized carbons (Fsp3) is 0.692. The Morgan fingerprint density at radius 1 is 1.61 bits per heavy atom. The van der Waals surface area contributed by atoms with Crippen molar-refractivity contribution in [3.05, 3.63) is 18.7 Å². The maximum Gasteiger partial charge on any atom is 0.222 e. The fourth-order valence-electron chi connectivity index (χ4n) is 2.18. The molecule has 1 fully saturated rings. The number of hydrogen-bond donors (Lipinski definition) is 0. The van der Waals surface area contributed by atoms with E-state index in [1.54, 1.807) is 17.4 Å². The number of imidazole rings is 1. The van der Waals surface area contributed by atoms with Crippen LogP contribution < -0.4 is 0 Å². The third-order valence-corrected chi connectivity index (χ3v) is 3.40. The van der Waals surface area contributed by atoms with Crippen LogP contribution in [0.15, 0.2) is 18.7 Å². The second-order valence-electron chi connectivity index (χ2n) is 4.90. The standard InChI is InChI=1S/C13H21N3O2/c1-15(6-7-16-5-4-14-11-16)13(17)9-12-3-2-8-18-10-12/h4-5,11-12H,2-3,6-10H2,1H3/t12-/m0/s1. The highest BCUT2D eigenvalue weighted by molar-refractivity contribution is 5.76. The molecule has 0 saturated carbocycles. The molecule has 1 saturated heterocycles. The predicted octanol–water partition coefficient (Wildman–Crippen LogP) is 1.16. The molecule has 100 valence electrons. The van der Waals surface area contributed by atoms with Crippen LogP contribution in [0.1, 0.15) is 19.3 Å². The van der Waals surface area contributed by atoms with Crippen molar-refractivity contribution in [2.24, 2.45) is 5.92 Å². The molecule has 1 atom stereocenters. The summed E-state index contributed by atoms with van der Waals surface area (Å²) in [4.78, 5) is 17.8. The Morgan fingerprint density at radius 3 is 3.17 bits per heavy atom. The van der Waals surface area contributed by atoms with Crippen LogP contribution in [-0.2, 0) is 16.1 Å². The number of likely N-dealkylation sites (N-methyl/N-ethyl adjacent to an activating group) is 1. The zero-order valence-electron chi connectivity index (χ0n) is 10.9. The number of aromatic nitrogens is 2. The van der Waals surface area contributed by atoms with E-state index >= 15 is 0 Å². The molecular weight excluding hydrogens is 230 g/mol. The summed E-state index contributed by atoms with van der Waals surface area (Å²) < 4.78 is 7.38. The Labute approximate surface area is 108 Å². The van der Waals surface area contributed by atoms with E-state index in [0.717, 1.165) is 39.1 Å². The largest absolute Gasteiger partial charge is 0.381 e. The lowest BCUT2D eigenvalue weighted by atomic mass is 9.98. The summed E-state index contributed by atoms with van der Waals surface area (Å²) in [5.41, 5.74) is 0. The monoisotopic (exact) mass is 251 g/mol. The van der Waals surface area contributed by atoms with Crippen LogP contribution in [0, 0.1) is 5.92 Å². The highest BCUT2D eigenvalue weighted by atomic mass is 16.5. The first-order valence-corrected chi connectivity index (χ1v) is 6.53. The summed E-state index contributed by atoms with van der Waals surface area (Å²) in [6.07, 6.45) is 8.24. The second-order valence-corrected chi connectivity index (χ2v) is 4.90. The average Bonchev–Trinajstić information content (AvgIpc) is 2.90. The summed E-state index contributed by atoms with van der Waals surface area (Å²) in [6.45, 7) is 3.11. The normalized spacial score (nSPS) is 19.7. The zero-order valence-corrected chi connectivity index (χ0v) is 10.9. The van der Waals surface area contributed by atoms with Crippen molar-refractivity contribution in [2.75, 3.05) is 26.8 Å². The Hall–Kier alpha value is -1.36. The van der Waals surface area contributed by atoms with Crippen molar-refractivity contribution in [1.29, 1.82) is 0 Å². The molecule has 0 unspecified atom stereocenters. The van der Waals surface area contributed by atoms with Crippen LogP contribution in [0.25, 0.3) is 0 Å². The first-order chi connectivity index (χ1) is 8.75. The van der Waals surface area contributed by atoms with Gasteiger partial charge in [-0.1, -0.05) is 0 Å². The van der Waals surface area contributed by atoms with Crippen molar-refractivity contribution in [2.45, 2.75) is 25.8 Å². The maximum atomic E-state index is 12.0. The topological polar surface area (TPSA) is 47.4 Å². The lowest BCUT2D eigenvalue weighted by Crippen LogP contribution is -2.32. The van der Waals surface area contributed by atoms with E-state index in [-0.39, 0.29) is 5.91 Å². The van der Waals surface area contributed by atoms with Gasteiger partial charge in [-0.25, -0.2) is 4.98 Å². The van der Waals surface area contributed by atoms with E-state index in [1.165, 1.54) is 0 Å². The highest BCUT2D eigenvalue weighted by Crippen LogP contribution is 2.17. The van der Waals surface area contributed by atoms with Gasteiger partial charge in [0.25, 0.3) is 0 Å². The van der Waals surface area contributed by atoms with E-state index in [4.69, 9.17) is 4.74 Å². The van der Waals surface area contributed by atoms with Crippen molar-refractivity contribution < 1.29 is 9.53 Å². The molecule has 1 aliphatic rings. The first-order valence-electron chi connectivity index (χ1n) is 6.53. The minimum Gasteiger partial charge on any atom is -0.381 e. The number of carbonyl (C=O) groups is 1. The van der Waals surface area contributed by atoms with Gasteiger partial charge >= 0.3 is 0 Å². The molecule has 2 rings (SSSR count). The summed E-state index contributed by atoms with van der Waals surface area (Å²) in [5, 5.41) is 0. The lowest BCUT2D eigenvalue weighted by molar-refractivity contribution is -0.132. The third-order valence-electron chi connectivity index (χ3n) is 3.40. The SMILES string of the molecule is CN(CCn1ccnc1)C(=O)C[C@@H]1CCCOC1. The molecule has 1 amide bonds. The maximum absolute atomic E-state index is 12.0. The molecule has 0 aromatic carbocycles. The van der Waals surface area contributed by atoms with Crippen LogP contribution in [0.4, 0.5) is 0 Å². The molecule has 1 aliphatic heterocycles. The van der Waals surface area contributed by atoms with E-state index < -0.39 is 0 Å². The molecule has 0 radical (unpaired) electrons. The Morgan fingerprint density at radius 2 is 2.50 bits per heavy atom. The Balaban J connectivity index is 1.70. The van der Waals surface area contributed by atoms with E-state index in [0.29, 0.717) is 12.3 Å². The van der Waals surface area contributed by atoms with Gasteiger partial charge in [0.05, 0.1) is 6.33 Å². The molecule has 2 heterocycles. The van der Waals surface area contributed by atoms with Gasteiger partial charge in [0, 0.05) is 52.2 Å². The molecular formula is C13H21N3O2. The quantitative estimate of drug-likeness (QED) is 0.789. The fourth-order valence-corrected chi connectivity index (χ4v) is 2.18. The summed E-state index contributed by atoms with van der Waals surface area (Å²) in [6, 6.07) is 0. The van der Waals surface area contributed by atoms with Crippen LogP contribution in [0.2, 0.25) is 0 Å². The van der Waals surface area contributed by atoms with E-state index in [2.05, 4.69) is 4.98 Å². The molecule has 1 aromatic heterocycles. The van der Waals surface area contributed by atoms with Crippen molar-refractivity contribution in [3.63, 3.8) is 0 Å². The summed E-state index contributed by atoms with van der Waals surface area (Å²) in [7, 11) is 1.86. The van der Waals surface area contributed by atoms with Crippen LogP contribution >= 0.6 is 0 Å². The van der Waals surface area contributed by atoms with Gasteiger partial charge in [-0.15, -0.1) is 0 Å². The predicted molar refractivity (Wildman–Crippen MR) is 68.0 cm³/mol. The molecule has 0 spiro atoms. The molecule has 1 aromatic rings. The smallest absolute Gasteiger partial charge is 0.222 e. The minimum absolute atomic E-state index is 0.214. The van der Waals surface area contributed by atoms with Crippen molar-refractivity contribution in [3.8, 4) is 0 Å². The number of nitrogens with zero attached hydrogens (tertiary/aromatic N) is 3. The van der Waals surface area contributed by atoms with Crippen LogP contribution in [-0.4, -0.2) is 47.2 Å². The van der Waals surface area contributed by atoms with Crippen LogP contribution in [0.3, 0.4) is 0 Å². The van der Waals surface area contributed by atoms with Crippen molar-refractivity contribution in [1.82, 2.24) is 14.5 Å². The lowest BCUT2D eigenvalue weighted by Gasteiger charge is -2.24. The third kappa shape index (κ3) is 3.84. The van der Waals surface area contributed by atoms with Gasteiger partial charge in [0.15, 0.2) is 0 Å². The molecule has 0 bridgehead atoms. The van der Waals surface area contributed by atoms with E-state index in [9.17, 15) is 4.79 Å². The molecule has 5 heteroatoms. The second kappa shape index (κ2) is 6.54. The zero-order chi connectivity index (χ0) is 12.8. The van der Waals surface area contributed by atoms with Gasteiger partial charge in [-0.2, -0.15) is 0 Å². The first kappa shape index (κ1) is 13.1. The minimum atomic E-state index is 0.214. The number of ether oxygens (including phenoxy) is 1.